The van der Waals surface area contributed by atoms with E-state index in [4.69, 9.17) is 18.3 Å². The van der Waals surface area contributed by atoms with Gasteiger partial charge >= 0.3 is 11.7 Å². The number of aromatic nitrogens is 1. The van der Waals surface area contributed by atoms with Crippen LogP contribution in [0.3, 0.4) is 0 Å². The molecule has 4 rings (SSSR count). The Kier molecular flexibility index (Phi) is 5.47. The number of aryl methyl sites for hydroxylation is 1. The van der Waals surface area contributed by atoms with E-state index in [1.54, 1.807) is 18.2 Å². The van der Waals surface area contributed by atoms with Crippen molar-refractivity contribution in [1.82, 2.24) is 4.57 Å². The van der Waals surface area contributed by atoms with Crippen LogP contribution in [0.15, 0.2) is 80.6 Å². The number of nitrogens with zero attached hydrogens (tertiary/aromatic N) is 1. The van der Waals surface area contributed by atoms with Gasteiger partial charge in [-0.15, -0.1) is 0 Å². The number of rotatable bonds is 8. The predicted octanol–water partition coefficient (Wildman–Crippen LogP) is 4.01. The maximum Gasteiger partial charge on any atom is 0.419 e. The van der Waals surface area contributed by atoms with Crippen molar-refractivity contribution in [3.8, 4) is 5.75 Å². The van der Waals surface area contributed by atoms with Crippen LogP contribution in [0.5, 0.6) is 5.75 Å². The SMILES string of the molecule is O=C(OCCCn1c(=O)oc2ccccc21)c1occc1COc1ccccc1. The first-order valence-corrected chi connectivity index (χ1v) is 9.22. The zero-order valence-corrected chi connectivity index (χ0v) is 15.6. The maximum absolute atomic E-state index is 12.3. The predicted molar refractivity (Wildman–Crippen MR) is 105 cm³/mol. The molecule has 148 valence electrons. The molecule has 0 bridgehead atoms. The number of para-hydroxylation sites is 3. The minimum Gasteiger partial charge on any atom is -0.489 e. The molecule has 0 amide bonds. The molecule has 0 atom stereocenters. The standard InChI is InChI=1S/C22H19NO6/c24-21(20-16(11-14-26-20)15-28-17-7-2-1-3-8-17)27-13-6-12-23-18-9-4-5-10-19(18)29-22(23)25/h1-5,7-11,14H,6,12-13,15H2. The lowest BCUT2D eigenvalue weighted by Gasteiger charge is -2.07. The van der Waals surface area contributed by atoms with Gasteiger partial charge in [0.2, 0.25) is 5.76 Å². The van der Waals surface area contributed by atoms with Gasteiger partial charge in [-0.2, -0.15) is 0 Å². The molecule has 0 radical (unpaired) electrons. The molecule has 7 nitrogen and oxygen atoms in total. The van der Waals surface area contributed by atoms with E-state index in [-0.39, 0.29) is 19.0 Å². The third kappa shape index (κ3) is 4.24. The molecule has 2 heterocycles. The van der Waals surface area contributed by atoms with Crippen LogP contribution in [0.4, 0.5) is 0 Å². The van der Waals surface area contributed by atoms with Crippen molar-refractivity contribution >= 4 is 17.1 Å². The highest BCUT2D eigenvalue weighted by atomic mass is 16.5. The summed E-state index contributed by atoms with van der Waals surface area (Å²) < 4.78 is 22.9. The van der Waals surface area contributed by atoms with Crippen molar-refractivity contribution in [2.24, 2.45) is 0 Å². The summed E-state index contributed by atoms with van der Waals surface area (Å²) in [4.78, 5) is 24.3. The number of furan rings is 1. The van der Waals surface area contributed by atoms with Gasteiger partial charge in [0.1, 0.15) is 12.4 Å². The minimum atomic E-state index is -0.564. The monoisotopic (exact) mass is 393 g/mol. The molecule has 0 saturated carbocycles. The number of carbonyl (C=O) groups is 1. The van der Waals surface area contributed by atoms with Gasteiger partial charge in [0.25, 0.3) is 0 Å². The summed E-state index contributed by atoms with van der Waals surface area (Å²) in [5.74, 6) is -0.173. The van der Waals surface area contributed by atoms with Gasteiger partial charge in [-0.3, -0.25) is 4.57 Å². The van der Waals surface area contributed by atoms with Crippen LogP contribution < -0.4 is 10.5 Å². The summed E-state index contributed by atoms with van der Waals surface area (Å²) in [6.45, 7) is 0.719. The van der Waals surface area contributed by atoms with E-state index in [2.05, 4.69) is 0 Å². The third-order valence-electron chi connectivity index (χ3n) is 4.40. The third-order valence-corrected chi connectivity index (χ3v) is 4.40. The molecule has 0 unspecified atom stereocenters. The van der Waals surface area contributed by atoms with Crippen molar-refractivity contribution < 1.29 is 23.1 Å². The van der Waals surface area contributed by atoms with Gasteiger partial charge in [-0.05, 0) is 36.8 Å². The lowest BCUT2D eigenvalue weighted by molar-refractivity contribution is 0.0455. The van der Waals surface area contributed by atoms with Gasteiger partial charge in [-0.1, -0.05) is 30.3 Å². The first-order chi connectivity index (χ1) is 14.2. The zero-order valence-electron chi connectivity index (χ0n) is 15.6. The normalized spacial score (nSPS) is 10.9. The minimum absolute atomic E-state index is 0.117. The van der Waals surface area contributed by atoms with Crippen molar-refractivity contribution in [1.29, 1.82) is 0 Å². The van der Waals surface area contributed by atoms with Crippen molar-refractivity contribution in [2.45, 2.75) is 19.6 Å². The van der Waals surface area contributed by atoms with E-state index in [1.807, 2.05) is 42.5 Å². The quantitative estimate of drug-likeness (QED) is 0.332. The fourth-order valence-electron chi connectivity index (χ4n) is 2.99. The fourth-order valence-corrected chi connectivity index (χ4v) is 2.99. The van der Waals surface area contributed by atoms with Gasteiger partial charge in [0, 0.05) is 12.1 Å². The maximum atomic E-state index is 12.3. The number of oxazole rings is 1. The van der Waals surface area contributed by atoms with E-state index >= 15 is 0 Å². The van der Waals surface area contributed by atoms with E-state index in [0.29, 0.717) is 29.9 Å². The topological polar surface area (TPSA) is 83.8 Å². The Balaban J connectivity index is 1.31. The van der Waals surface area contributed by atoms with Crippen LogP contribution in [0.2, 0.25) is 0 Å². The molecule has 0 aliphatic heterocycles. The smallest absolute Gasteiger partial charge is 0.419 e. The Morgan fingerprint density at radius 2 is 1.79 bits per heavy atom. The molecule has 2 aromatic heterocycles. The lowest BCUT2D eigenvalue weighted by atomic mass is 10.2. The van der Waals surface area contributed by atoms with E-state index in [1.165, 1.54) is 10.8 Å². The highest BCUT2D eigenvalue weighted by molar-refractivity contribution is 5.87. The summed E-state index contributed by atoms with van der Waals surface area (Å²) in [7, 11) is 0. The molecular formula is C22H19NO6. The fraction of sp³-hybridized carbons (Fsp3) is 0.182. The largest absolute Gasteiger partial charge is 0.489 e. The molecule has 29 heavy (non-hydrogen) atoms. The van der Waals surface area contributed by atoms with Crippen LogP contribution in [0.1, 0.15) is 22.5 Å². The van der Waals surface area contributed by atoms with Gasteiger partial charge in [0.15, 0.2) is 5.58 Å². The van der Waals surface area contributed by atoms with Crippen LogP contribution >= 0.6 is 0 Å². The van der Waals surface area contributed by atoms with Crippen LogP contribution in [-0.2, 0) is 17.9 Å². The molecule has 0 fully saturated rings. The number of esters is 1. The first-order valence-electron chi connectivity index (χ1n) is 9.22. The Morgan fingerprint density at radius 3 is 2.66 bits per heavy atom. The molecule has 0 aliphatic carbocycles. The summed E-state index contributed by atoms with van der Waals surface area (Å²) in [5, 5.41) is 0. The molecular weight excluding hydrogens is 374 g/mol. The molecule has 0 spiro atoms. The second-order valence-electron chi connectivity index (χ2n) is 6.35. The van der Waals surface area contributed by atoms with Crippen molar-refractivity contribution in [2.75, 3.05) is 6.61 Å². The molecule has 0 N–H and O–H groups in total. The lowest BCUT2D eigenvalue weighted by Crippen LogP contribution is -2.16. The van der Waals surface area contributed by atoms with Crippen molar-refractivity contribution in [3.05, 3.63) is 88.8 Å². The molecule has 2 aromatic carbocycles. The second-order valence-corrected chi connectivity index (χ2v) is 6.35. The average molecular weight is 393 g/mol. The summed E-state index contributed by atoms with van der Waals surface area (Å²) in [6, 6.07) is 18.2. The number of hydrogen-bond donors (Lipinski definition) is 0. The van der Waals surface area contributed by atoms with Crippen molar-refractivity contribution in [3.63, 3.8) is 0 Å². The number of benzene rings is 2. The Morgan fingerprint density at radius 1 is 1.00 bits per heavy atom. The number of carbonyl (C=O) groups excluding carboxylic acids is 1. The van der Waals surface area contributed by atoms with E-state index < -0.39 is 11.7 Å². The van der Waals surface area contributed by atoms with Gasteiger partial charge < -0.3 is 18.3 Å². The van der Waals surface area contributed by atoms with E-state index in [9.17, 15) is 9.59 Å². The highest BCUT2D eigenvalue weighted by Gasteiger charge is 2.17. The summed E-state index contributed by atoms with van der Waals surface area (Å²) in [6.07, 6.45) is 1.89. The molecule has 4 aromatic rings. The summed E-state index contributed by atoms with van der Waals surface area (Å²) in [5.41, 5.74) is 1.86. The Labute approximate surface area is 166 Å². The Hall–Kier alpha value is -3.74. The first kappa shape index (κ1) is 18.6. The highest BCUT2D eigenvalue weighted by Crippen LogP contribution is 2.17. The van der Waals surface area contributed by atoms with Crippen LogP contribution in [0.25, 0.3) is 11.1 Å². The number of ether oxygens (including phenoxy) is 2. The summed E-state index contributed by atoms with van der Waals surface area (Å²) >= 11 is 0. The van der Waals surface area contributed by atoms with Gasteiger partial charge in [-0.25, -0.2) is 9.59 Å². The average Bonchev–Trinajstić information content (AvgIpc) is 3.34. The van der Waals surface area contributed by atoms with Crippen LogP contribution in [-0.4, -0.2) is 17.1 Å². The second kappa shape index (κ2) is 8.52. The molecule has 7 heteroatoms. The Bertz CT molecular complexity index is 1150. The molecule has 0 aliphatic rings. The van der Waals surface area contributed by atoms with Gasteiger partial charge in [0.05, 0.1) is 18.4 Å². The van der Waals surface area contributed by atoms with E-state index in [0.717, 1.165) is 5.52 Å². The zero-order chi connectivity index (χ0) is 20.1. The van der Waals surface area contributed by atoms with Crippen LogP contribution in [0, 0.1) is 0 Å². The number of fused-ring (bicyclic) bond motifs is 1. The number of hydrogen-bond acceptors (Lipinski definition) is 6. The molecule has 0 saturated heterocycles.